The molecule has 1 fully saturated rings. The van der Waals surface area contributed by atoms with E-state index in [4.69, 9.17) is 5.73 Å². The van der Waals surface area contributed by atoms with Crippen molar-refractivity contribution in [2.24, 2.45) is 11.7 Å². The molecule has 0 unspecified atom stereocenters. The number of aromatic nitrogens is 5. The maximum absolute atomic E-state index is 13.6. The third kappa shape index (κ3) is 5.95. The maximum atomic E-state index is 13.6. The number of aliphatic hydroxyl groups is 1. The lowest BCUT2D eigenvalue weighted by molar-refractivity contribution is -0.141. The van der Waals surface area contributed by atoms with Crippen molar-refractivity contribution < 1.29 is 23.1 Å². The molecule has 1 saturated carbocycles. The number of carbonyl (C=O) groups excluding carboxylic acids is 1. The summed E-state index contributed by atoms with van der Waals surface area (Å²) in [6, 6.07) is 12.0. The highest BCUT2D eigenvalue weighted by Gasteiger charge is 2.39. The highest BCUT2D eigenvalue weighted by atomic mass is 32.1. The predicted molar refractivity (Wildman–Crippen MR) is 155 cm³/mol. The second-order valence-corrected chi connectivity index (χ2v) is 11.8. The molecule has 222 valence electrons. The Kier molecular flexibility index (Phi) is 7.38. The zero-order valence-electron chi connectivity index (χ0n) is 23.1. The first-order valence-corrected chi connectivity index (χ1v) is 14.5. The Morgan fingerprint density at radius 2 is 1.95 bits per heavy atom. The Balaban J connectivity index is 1.37. The number of pyridine rings is 1. The number of nitrogens with two attached hydrogens (primary N) is 1. The van der Waals surface area contributed by atoms with Crippen LogP contribution in [0.25, 0.3) is 16.1 Å². The Bertz CT molecular complexity index is 1760. The van der Waals surface area contributed by atoms with E-state index in [-0.39, 0.29) is 24.3 Å². The average Bonchev–Trinajstić information content (AvgIpc) is 3.63. The van der Waals surface area contributed by atoms with Crippen LogP contribution in [0.1, 0.15) is 47.6 Å². The van der Waals surface area contributed by atoms with Crippen LogP contribution in [0.3, 0.4) is 0 Å². The zero-order chi connectivity index (χ0) is 30.4. The molecule has 13 heteroatoms. The van der Waals surface area contributed by atoms with Gasteiger partial charge in [0, 0.05) is 36.4 Å². The smallest absolute Gasteiger partial charge is 0.383 e. The standard InChI is InChI=1S/C30H28F3N7O2S/c1-18-12-20(23-15-36-27(43-23)29(42)8-5-19(6-9-29)26(34)41)14-22(13-18)40(28-35-10-7-24(38-28)30(31,32)33)17-21-16-39-11-3-2-4-25(39)37-21/h2-4,7,10-16,19,42H,5-6,8-9,17H2,1H3,(H2,34,41). The number of hydrogen-bond acceptors (Lipinski definition) is 8. The number of benzene rings is 1. The monoisotopic (exact) mass is 607 g/mol. The average molecular weight is 608 g/mol. The van der Waals surface area contributed by atoms with E-state index in [1.807, 2.05) is 60.1 Å². The Hall–Kier alpha value is -4.36. The number of hydrogen-bond donors (Lipinski definition) is 2. The van der Waals surface area contributed by atoms with Gasteiger partial charge in [-0.1, -0.05) is 12.1 Å². The predicted octanol–water partition coefficient (Wildman–Crippen LogP) is 5.78. The molecule has 43 heavy (non-hydrogen) atoms. The van der Waals surface area contributed by atoms with Gasteiger partial charge >= 0.3 is 6.18 Å². The van der Waals surface area contributed by atoms with Gasteiger partial charge in [-0.15, -0.1) is 11.3 Å². The van der Waals surface area contributed by atoms with Crippen LogP contribution < -0.4 is 10.6 Å². The maximum Gasteiger partial charge on any atom is 0.433 e. The summed E-state index contributed by atoms with van der Waals surface area (Å²) in [6.45, 7) is 2.00. The number of amides is 1. The fraction of sp³-hybridized carbons (Fsp3) is 0.300. The van der Waals surface area contributed by atoms with E-state index in [0.29, 0.717) is 47.7 Å². The van der Waals surface area contributed by atoms with E-state index >= 15 is 0 Å². The summed E-state index contributed by atoms with van der Waals surface area (Å²) in [6.07, 6.45) is 3.55. The topological polar surface area (TPSA) is 123 Å². The van der Waals surface area contributed by atoms with Gasteiger partial charge in [0.1, 0.15) is 21.9 Å². The highest BCUT2D eigenvalue weighted by molar-refractivity contribution is 7.15. The van der Waals surface area contributed by atoms with Gasteiger partial charge in [0.25, 0.3) is 0 Å². The van der Waals surface area contributed by atoms with Crippen LogP contribution in [-0.2, 0) is 23.1 Å². The molecule has 1 aromatic carbocycles. The van der Waals surface area contributed by atoms with Crippen molar-refractivity contribution in [2.45, 2.75) is 50.9 Å². The lowest BCUT2D eigenvalue weighted by atomic mass is 9.79. The highest BCUT2D eigenvalue weighted by Crippen LogP contribution is 2.43. The summed E-state index contributed by atoms with van der Waals surface area (Å²) in [4.78, 5) is 31.2. The Morgan fingerprint density at radius 3 is 2.67 bits per heavy atom. The molecule has 1 aliphatic rings. The van der Waals surface area contributed by atoms with E-state index in [2.05, 4.69) is 19.9 Å². The lowest BCUT2D eigenvalue weighted by Gasteiger charge is -2.33. The molecular formula is C30H28F3N7O2S. The van der Waals surface area contributed by atoms with Crippen LogP contribution in [0.2, 0.25) is 0 Å². The van der Waals surface area contributed by atoms with Crippen molar-refractivity contribution in [3.63, 3.8) is 0 Å². The number of rotatable bonds is 7. The Morgan fingerprint density at radius 1 is 1.16 bits per heavy atom. The van der Waals surface area contributed by atoms with E-state index in [1.54, 1.807) is 11.1 Å². The van der Waals surface area contributed by atoms with Crippen molar-refractivity contribution >= 4 is 34.5 Å². The van der Waals surface area contributed by atoms with Gasteiger partial charge < -0.3 is 20.1 Å². The molecule has 4 aromatic heterocycles. The number of aryl methyl sites for hydroxylation is 1. The number of carbonyl (C=O) groups is 1. The first-order valence-electron chi connectivity index (χ1n) is 13.7. The molecule has 0 saturated heterocycles. The second-order valence-electron chi connectivity index (χ2n) is 10.8. The molecule has 0 spiro atoms. The van der Waals surface area contributed by atoms with Crippen LogP contribution in [0.4, 0.5) is 24.8 Å². The summed E-state index contributed by atoms with van der Waals surface area (Å²) in [5.74, 6) is -0.725. The molecule has 1 aliphatic carbocycles. The van der Waals surface area contributed by atoms with Crippen LogP contribution in [-0.4, -0.2) is 35.4 Å². The molecule has 3 N–H and O–H groups in total. The molecule has 1 amide bonds. The van der Waals surface area contributed by atoms with E-state index < -0.39 is 17.5 Å². The second kappa shape index (κ2) is 11.0. The summed E-state index contributed by atoms with van der Waals surface area (Å²) in [7, 11) is 0. The van der Waals surface area contributed by atoms with Crippen molar-refractivity contribution in [1.82, 2.24) is 24.3 Å². The number of alkyl halides is 3. The SMILES string of the molecule is Cc1cc(-c2cnc(C3(O)CCC(C(N)=O)CC3)s2)cc(N(Cc2cn3ccccc3n2)c2nccc(C(F)(F)F)n2)c1. The zero-order valence-corrected chi connectivity index (χ0v) is 23.9. The molecule has 4 heterocycles. The van der Waals surface area contributed by atoms with Crippen LogP contribution in [0.15, 0.2) is 67.3 Å². The van der Waals surface area contributed by atoms with Crippen molar-refractivity contribution in [2.75, 3.05) is 4.90 Å². The minimum absolute atomic E-state index is 0.112. The van der Waals surface area contributed by atoms with Crippen molar-refractivity contribution in [3.05, 3.63) is 89.2 Å². The number of nitrogens with zero attached hydrogens (tertiary/aromatic N) is 6. The largest absolute Gasteiger partial charge is 0.433 e. The fourth-order valence-electron chi connectivity index (χ4n) is 5.42. The molecule has 6 rings (SSSR count). The minimum atomic E-state index is -4.64. The van der Waals surface area contributed by atoms with Gasteiger partial charge in [-0.25, -0.2) is 19.9 Å². The van der Waals surface area contributed by atoms with Gasteiger partial charge in [0.15, 0.2) is 0 Å². The first-order chi connectivity index (χ1) is 20.5. The number of halogens is 3. The third-order valence-corrected chi connectivity index (χ3v) is 8.93. The van der Waals surface area contributed by atoms with E-state index in [1.165, 1.54) is 11.3 Å². The molecule has 0 bridgehead atoms. The number of thiazole rings is 1. The molecular weight excluding hydrogens is 579 g/mol. The van der Waals surface area contributed by atoms with Crippen LogP contribution in [0, 0.1) is 12.8 Å². The number of anilines is 2. The van der Waals surface area contributed by atoms with Gasteiger partial charge in [0.2, 0.25) is 11.9 Å². The normalized spacial score (nSPS) is 19.0. The van der Waals surface area contributed by atoms with E-state index in [9.17, 15) is 23.1 Å². The summed E-state index contributed by atoms with van der Waals surface area (Å²) in [5, 5.41) is 11.9. The van der Waals surface area contributed by atoms with Crippen LogP contribution in [0.5, 0.6) is 0 Å². The van der Waals surface area contributed by atoms with Crippen molar-refractivity contribution in [1.29, 1.82) is 0 Å². The third-order valence-electron chi connectivity index (χ3n) is 7.69. The van der Waals surface area contributed by atoms with Gasteiger partial charge in [0.05, 0.1) is 17.1 Å². The lowest BCUT2D eigenvalue weighted by Crippen LogP contribution is -2.35. The molecule has 9 nitrogen and oxygen atoms in total. The molecule has 0 aliphatic heterocycles. The van der Waals surface area contributed by atoms with Gasteiger partial charge in [-0.05, 0) is 74.1 Å². The van der Waals surface area contributed by atoms with Crippen LogP contribution >= 0.6 is 11.3 Å². The summed E-state index contributed by atoms with van der Waals surface area (Å²) >= 11 is 1.35. The minimum Gasteiger partial charge on any atom is -0.383 e. The van der Waals surface area contributed by atoms with Gasteiger partial charge in [-0.3, -0.25) is 4.79 Å². The first kappa shape index (κ1) is 28.7. The summed E-state index contributed by atoms with van der Waals surface area (Å²) in [5.41, 5.74) is 6.79. The van der Waals surface area contributed by atoms with Gasteiger partial charge in [-0.2, -0.15) is 13.2 Å². The fourth-order valence-corrected chi connectivity index (χ4v) is 6.47. The quantitative estimate of drug-likeness (QED) is 0.241. The Labute approximate surface area is 248 Å². The van der Waals surface area contributed by atoms with Crippen molar-refractivity contribution in [3.8, 4) is 10.4 Å². The molecule has 0 atom stereocenters. The molecule has 5 aromatic rings. The van der Waals surface area contributed by atoms with E-state index in [0.717, 1.165) is 28.3 Å². The number of fused-ring (bicyclic) bond motifs is 1. The number of primary amides is 1. The molecule has 0 radical (unpaired) electrons. The summed E-state index contributed by atoms with van der Waals surface area (Å²) < 4.78 is 42.7. The number of imidazole rings is 1.